The van der Waals surface area contributed by atoms with Gasteiger partial charge < -0.3 is 10.8 Å². The second-order valence-corrected chi connectivity index (χ2v) is 3.11. The number of rotatable bonds is 4. The maximum Gasteiger partial charge on any atom is 0.123 e. The van der Waals surface area contributed by atoms with E-state index in [0.29, 0.717) is 13.0 Å². The quantitative estimate of drug-likeness (QED) is 0.729. The molecule has 1 atom stereocenters. The smallest absolute Gasteiger partial charge is 0.123 e. The van der Waals surface area contributed by atoms with Gasteiger partial charge in [-0.3, -0.25) is 0 Å². The molecule has 1 aromatic rings. The number of halogens is 1. The fourth-order valence-electron chi connectivity index (χ4n) is 1.18. The average Bonchev–Trinajstić information content (AvgIpc) is 2.17. The van der Waals surface area contributed by atoms with Gasteiger partial charge in [-0.15, -0.1) is 0 Å². The third kappa shape index (κ3) is 3.13. The van der Waals surface area contributed by atoms with Crippen molar-refractivity contribution in [3.8, 4) is 0 Å². The van der Waals surface area contributed by atoms with Gasteiger partial charge in [0.15, 0.2) is 0 Å². The highest BCUT2D eigenvalue weighted by Crippen LogP contribution is 2.08. The zero-order valence-electron chi connectivity index (χ0n) is 7.41. The van der Waals surface area contributed by atoms with Crippen molar-refractivity contribution in [2.45, 2.75) is 6.42 Å². The van der Waals surface area contributed by atoms with Crippen LogP contribution >= 0.6 is 0 Å². The Morgan fingerprint density at radius 3 is 2.38 bits per heavy atom. The standard InChI is InChI=1S/C10H14FNO/c11-10-3-1-8(2-4-10)5-9(6-12)7-13/h1-4,9,13H,5-7,12H2/t9-/m1/s1. The van der Waals surface area contributed by atoms with Gasteiger partial charge in [0.1, 0.15) is 5.82 Å². The summed E-state index contributed by atoms with van der Waals surface area (Å²) in [5.41, 5.74) is 6.43. The van der Waals surface area contributed by atoms with E-state index in [4.69, 9.17) is 10.8 Å². The van der Waals surface area contributed by atoms with Crippen LogP contribution in [-0.2, 0) is 6.42 Å². The maximum atomic E-state index is 12.5. The van der Waals surface area contributed by atoms with Crippen molar-refractivity contribution in [2.24, 2.45) is 11.7 Å². The summed E-state index contributed by atoms with van der Waals surface area (Å²) in [6.07, 6.45) is 0.702. The van der Waals surface area contributed by atoms with Gasteiger partial charge >= 0.3 is 0 Å². The van der Waals surface area contributed by atoms with E-state index in [0.717, 1.165) is 5.56 Å². The minimum absolute atomic E-state index is 0.0745. The number of aliphatic hydroxyl groups excluding tert-OH is 1. The van der Waals surface area contributed by atoms with E-state index in [1.807, 2.05) is 0 Å². The molecule has 0 saturated heterocycles. The van der Waals surface area contributed by atoms with Crippen molar-refractivity contribution < 1.29 is 9.50 Å². The van der Waals surface area contributed by atoms with Crippen molar-refractivity contribution in [3.63, 3.8) is 0 Å². The van der Waals surface area contributed by atoms with E-state index < -0.39 is 0 Å². The molecule has 0 aromatic heterocycles. The molecule has 13 heavy (non-hydrogen) atoms. The zero-order valence-corrected chi connectivity index (χ0v) is 7.41. The topological polar surface area (TPSA) is 46.2 Å². The lowest BCUT2D eigenvalue weighted by molar-refractivity contribution is 0.230. The molecule has 0 spiro atoms. The first kappa shape index (κ1) is 10.2. The first-order valence-corrected chi connectivity index (χ1v) is 4.31. The second kappa shape index (κ2) is 4.94. The van der Waals surface area contributed by atoms with Crippen LogP contribution in [0.3, 0.4) is 0 Å². The van der Waals surface area contributed by atoms with Crippen LogP contribution in [0.25, 0.3) is 0 Å². The zero-order chi connectivity index (χ0) is 9.68. The highest BCUT2D eigenvalue weighted by molar-refractivity contribution is 5.16. The van der Waals surface area contributed by atoms with Crippen LogP contribution < -0.4 is 5.73 Å². The van der Waals surface area contributed by atoms with Crippen LogP contribution in [0.4, 0.5) is 4.39 Å². The molecule has 0 unspecified atom stereocenters. The number of hydrogen-bond acceptors (Lipinski definition) is 2. The van der Waals surface area contributed by atoms with E-state index in [1.165, 1.54) is 12.1 Å². The van der Waals surface area contributed by atoms with Crippen molar-refractivity contribution >= 4 is 0 Å². The Hall–Kier alpha value is -0.930. The lowest BCUT2D eigenvalue weighted by atomic mass is 10.0. The molecule has 2 nitrogen and oxygen atoms in total. The Morgan fingerprint density at radius 2 is 1.92 bits per heavy atom. The molecule has 3 heteroatoms. The lowest BCUT2D eigenvalue weighted by Gasteiger charge is -2.10. The molecule has 3 N–H and O–H groups in total. The van der Waals surface area contributed by atoms with Gasteiger partial charge in [-0.1, -0.05) is 12.1 Å². The molecule has 0 amide bonds. The van der Waals surface area contributed by atoms with Crippen LogP contribution in [0, 0.1) is 11.7 Å². The molecular weight excluding hydrogens is 169 g/mol. The summed E-state index contributed by atoms with van der Waals surface area (Å²) in [5, 5.41) is 8.89. The van der Waals surface area contributed by atoms with Crippen molar-refractivity contribution in [1.29, 1.82) is 0 Å². The molecule has 1 rings (SSSR count). The Bertz CT molecular complexity index is 244. The summed E-state index contributed by atoms with van der Waals surface area (Å²) in [6, 6.07) is 6.27. The summed E-state index contributed by atoms with van der Waals surface area (Å²) in [5.74, 6) is -0.164. The molecule has 72 valence electrons. The van der Waals surface area contributed by atoms with Gasteiger partial charge in [-0.05, 0) is 36.6 Å². The van der Waals surface area contributed by atoms with Crippen molar-refractivity contribution in [2.75, 3.05) is 13.2 Å². The fourth-order valence-corrected chi connectivity index (χ4v) is 1.18. The minimum atomic E-state index is -0.239. The van der Waals surface area contributed by atoms with E-state index in [9.17, 15) is 4.39 Å². The predicted molar refractivity (Wildman–Crippen MR) is 49.7 cm³/mol. The molecule has 0 saturated carbocycles. The van der Waals surface area contributed by atoms with Crippen LogP contribution in [0.1, 0.15) is 5.56 Å². The van der Waals surface area contributed by atoms with E-state index >= 15 is 0 Å². The molecule has 0 aliphatic carbocycles. The lowest BCUT2D eigenvalue weighted by Crippen LogP contribution is -2.20. The number of benzene rings is 1. The number of aliphatic hydroxyl groups is 1. The van der Waals surface area contributed by atoms with Crippen LogP contribution in [0.2, 0.25) is 0 Å². The van der Waals surface area contributed by atoms with Crippen molar-refractivity contribution in [3.05, 3.63) is 35.6 Å². The average molecular weight is 183 g/mol. The van der Waals surface area contributed by atoms with Gasteiger partial charge in [0.25, 0.3) is 0 Å². The van der Waals surface area contributed by atoms with E-state index in [2.05, 4.69) is 0 Å². The highest BCUT2D eigenvalue weighted by atomic mass is 19.1. The molecule has 1 aromatic carbocycles. The Labute approximate surface area is 77.2 Å². The van der Waals surface area contributed by atoms with E-state index in [-0.39, 0.29) is 18.3 Å². The third-order valence-corrected chi connectivity index (χ3v) is 2.03. The number of hydrogen-bond donors (Lipinski definition) is 2. The van der Waals surface area contributed by atoms with Crippen LogP contribution in [0.15, 0.2) is 24.3 Å². The van der Waals surface area contributed by atoms with Gasteiger partial charge in [-0.2, -0.15) is 0 Å². The summed E-state index contributed by atoms with van der Waals surface area (Å²) < 4.78 is 12.5. The third-order valence-electron chi connectivity index (χ3n) is 2.03. The molecule has 0 fully saturated rings. The van der Waals surface area contributed by atoms with Crippen LogP contribution in [0.5, 0.6) is 0 Å². The summed E-state index contributed by atoms with van der Waals surface area (Å²) in [6.45, 7) is 0.530. The molecule has 0 radical (unpaired) electrons. The van der Waals surface area contributed by atoms with E-state index in [1.54, 1.807) is 12.1 Å². The van der Waals surface area contributed by atoms with Crippen molar-refractivity contribution in [1.82, 2.24) is 0 Å². The Morgan fingerprint density at radius 1 is 1.31 bits per heavy atom. The second-order valence-electron chi connectivity index (χ2n) is 3.11. The highest BCUT2D eigenvalue weighted by Gasteiger charge is 2.05. The maximum absolute atomic E-state index is 12.5. The molecule has 0 bridgehead atoms. The number of nitrogens with two attached hydrogens (primary N) is 1. The SMILES string of the molecule is NC[C@H](CO)Cc1ccc(F)cc1. The Kier molecular flexibility index (Phi) is 3.86. The summed E-state index contributed by atoms with van der Waals surface area (Å²) in [4.78, 5) is 0. The largest absolute Gasteiger partial charge is 0.396 e. The molecule has 0 aliphatic heterocycles. The van der Waals surface area contributed by atoms with Gasteiger partial charge in [0.05, 0.1) is 0 Å². The predicted octanol–water partition coefficient (Wildman–Crippen LogP) is 0.935. The Balaban J connectivity index is 2.58. The van der Waals surface area contributed by atoms with Gasteiger partial charge in [0.2, 0.25) is 0 Å². The summed E-state index contributed by atoms with van der Waals surface area (Å²) >= 11 is 0. The minimum Gasteiger partial charge on any atom is -0.396 e. The molecule has 0 aliphatic rings. The summed E-state index contributed by atoms with van der Waals surface area (Å²) in [7, 11) is 0. The monoisotopic (exact) mass is 183 g/mol. The molecular formula is C10H14FNO. The fraction of sp³-hybridized carbons (Fsp3) is 0.400. The first-order chi connectivity index (χ1) is 6.26. The normalized spacial score (nSPS) is 12.8. The molecule has 0 heterocycles. The first-order valence-electron chi connectivity index (χ1n) is 4.31. The van der Waals surface area contributed by atoms with Gasteiger partial charge in [-0.25, -0.2) is 4.39 Å². The van der Waals surface area contributed by atoms with Crippen LogP contribution in [-0.4, -0.2) is 18.3 Å². The van der Waals surface area contributed by atoms with Gasteiger partial charge in [0, 0.05) is 6.61 Å².